The van der Waals surface area contributed by atoms with Gasteiger partial charge < -0.3 is 10.1 Å². The van der Waals surface area contributed by atoms with E-state index in [2.05, 4.69) is 10.6 Å². The van der Waals surface area contributed by atoms with Crippen molar-refractivity contribution in [1.29, 1.82) is 0 Å². The van der Waals surface area contributed by atoms with Crippen molar-refractivity contribution in [2.24, 2.45) is 0 Å². The first-order valence-electron chi connectivity index (χ1n) is 7.00. The fourth-order valence-electron chi connectivity index (χ4n) is 2.58. The minimum atomic E-state index is -0.313. The average Bonchev–Trinajstić information content (AvgIpc) is 2.56. The minimum absolute atomic E-state index is 0.0194. The number of benzene rings is 2. The lowest BCUT2D eigenvalue weighted by Gasteiger charge is -2.31. The zero-order chi connectivity index (χ0) is 14.7. The molecule has 2 N–H and O–H groups in total. The first-order valence-corrected chi connectivity index (χ1v) is 7.00. The van der Waals surface area contributed by atoms with Crippen LogP contribution in [0.15, 0.2) is 54.6 Å². The summed E-state index contributed by atoms with van der Waals surface area (Å²) in [5, 5.41) is 6.40. The molecule has 0 aromatic heterocycles. The van der Waals surface area contributed by atoms with Gasteiger partial charge in [-0.15, -0.1) is 0 Å². The molecule has 2 aromatic rings. The predicted octanol–water partition coefficient (Wildman–Crippen LogP) is 2.20. The van der Waals surface area contributed by atoms with Gasteiger partial charge in [0.2, 0.25) is 5.91 Å². The number of carbonyl (C=O) groups is 1. The lowest BCUT2D eigenvalue weighted by atomic mass is 9.98. The number of hydrogen-bond acceptors (Lipinski definition) is 3. The molecule has 0 bridgehead atoms. The summed E-state index contributed by atoms with van der Waals surface area (Å²) in [7, 11) is 1.65. The number of nitrogens with one attached hydrogen (secondary N) is 2. The highest BCUT2D eigenvalue weighted by molar-refractivity contribution is 5.84. The molecular formula is C17H18N2O2. The standard InChI is InChI=1S/C17H18N2O2/c1-21-14-9-7-12(8-10-14)15-11-18-17(20)16(19-15)13-5-3-2-4-6-13/h2-10,15-16,19H,11H2,1H3,(H,18,20)/t15?,16-/m0/s1. The van der Waals surface area contributed by atoms with Crippen LogP contribution in [0.5, 0.6) is 5.75 Å². The first-order chi connectivity index (χ1) is 10.3. The predicted molar refractivity (Wildman–Crippen MR) is 81.1 cm³/mol. The SMILES string of the molecule is COc1ccc(C2CNC(=O)[C@H](c3ccccc3)N2)cc1. The summed E-state index contributed by atoms with van der Waals surface area (Å²) in [6, 6.07) is 17.5. The largest absolute Gasteiger partial charge is 0.497 e. The lowest BCUT2D eigenvalue weighted by molar-refractivity contribution is -0.125. The van der Waals surface area contributed by atoms with E-state index in [-0.39, 0.29) is 18.0 Å². The molecule has 2 atom stereocenters. The van der Waals surface area contributed by atoms with Gasteiger partial charge in [0.25, 0.3) is 0 Å². The lowest BCUT2D eigenvalue weighted by Crippen LogP contribution is -2.49. The summed E-state index contributed by atoms with van der Waals surface area (Å²) in [5.74, 6) is 0.851. The maximum atomic E-state index is 12.1. The van der Waals surface area contributed by atoms with E-state index < -0.39 is 0 Å². The number of piperazine rings is 1. The Morgan fingerprint density at radius 2 is 1.71 bits per heavy atom. The summed E-state index contributed by atoms with van der Waals surface area (Å²) in [4.78, 5) is 12.1. The van der Waals surface area contributed by atoms with Gasteiger partial charge in [-0.1, -0.05) is 42.5 Å². The highest BCUT2D eigenvalue weighted by Crippen LogP contribution is 2.24. The van der Waals surface area contributed by atoms with Crippen molar-refractivity contribution >= 4 is 5.91 Å². The molecule has 0 radical (unpaired) electrons. The van der Waals surface area contributed by atoms with Crippen molar-refractivity contribution in [2.75, 3.05) is 13.7 Å². The average molecular weight is 282 g/mol. The van der Waals surface area contributed by atoms with E-state index in [1.165, 1.54) is 0 Å². The molecule has 2 aromatic carbocycles. The Morgan fingerprint density at radius 3 is 2.38 bits per heavy atom. The third-order valence-corrected chi connectivity index (χ3v) is 3.76. The molecule has 4 nitrogen and oxygen atoms in total. The second-order valence-corrected chi connectivity index (χ2v) is 5.08. The first kappa shape index (κ1) is 13.6. The smallest absolute Gasteiger partial charge is 0.241 e. The molecule has 1 heterocycles. The van der Waals surface area contributed by atoms with Crippen LogP contribution in [0.25, 0.3) is 0 Å². The summed E-state index contributed by atoms with van der Waals surface area (Å²) in [5.41, 5.74) is 2.12. The second-order valence-electron chi connectivity index (χ2n) is 5.08. The van der Waals surface area contributed by atoms with Gasteiger partial charge in [0.15, 0.2) is 0 Å². The molecule has 1 fully saturated rings. The van der Waals surface area contributed by atoms with Crippen LogP contribution < -0.4 is 15.4 Å². The van der Waals surface area contributed by atoms with Crippen LogP contribution in [0, 0.1) is 0 Å². The molecule has 21 heavy (non-hydrogen) atoms. The Labute approximate surface area is 124 Å². The molecule has 108 valence electrons. The topological polar surface area (TPSA) is 50.4 Å². The molecule has 1 aliphatic heterocycles. The van der Waals surface area contributed by atoms with Crippen molar-refractivity contribution in [3.05, 3.63) is 65.7 Å². The molecule has 1 saturated heterocycles. The number of hydrogen-bond donors (Lipinski definition) is 2. The Balaban J connectivity index is 1.80. The third kappa shape index (κ3) is 2.90. The van der Waals surface area contributed by atoms with E-state index in [9.17, 15) is 4.79 Å². The highest BCUT2D eigenvalue weighted by Gasteiger charge is 2.29. The molecule has 1 aliphatic rings. The van der Waals surface area contributed by atoms with Crippen molar-refractivity contribution < 1.29 is 9.53 Å². The van der Waals surface area contributed by atoms with Crippen molar-refractivity contribution in [3.63, 3.8) is 0 Å². The van der Waals surface area contributed by atoms with Gasteiger partial charge in [0.05, 0.1) is 13.2 Å². The van der Waals surface area contributed by atoms with Crippen LogP contribution in [0.1, 0.15) is 23.2 Å². The zero-order valence-corrected chi connectivity index (χ0v) is 11.9. The van der Waals surface area contributed by atoms with Crippen LogP contribution in [0.2, 0.25) is 0 Å². The van der Waals surface area contributed by atoms with Crippen molar-refractivity contribution in [3.8, 4) is 5.75 Å². The Hall–Kier alpha value is -2.33. The van der Waals surface area contributed by atoms with Crippen molar-refractivity contribution in [2.45, 2.75) is 12.1 Å². The van der Waals surface area contributed by atoms with Crippen LogP contribution in [0.4, 0.5) is 0 Å². The highest BCUT2D eigenvalue weighted by atomic mass is 16.5. The summed E-state index contributed by atoms with van der Waals surface area (Å²) in [6.07, 6.45) is 0. The van der Waals surface area contributed by atoms with Gasteiger partial charge >= 0.3 is 0 Å². The zero-order valence-electron chi connectivity index (χ0n) is 11.9. The number of amides is 1. The Bertz CT molecular complexity index is 610. The second kappa shape index (κ2) is 5.97. The Kier molecular flexibility index (Phi) is 3.88. The van der Waals surface area contributed by atoms with E-state index in [1.54, 1.807) is 7.11 Å². The fraction of sp³-hybridized carbons (Fsp3) is 0.235. The molecule has 0 saturated carbocycles. The Morgan fingerprint density at radius 1 is 1.00 bits per heavy atom. The molecule has 0 spiro atoms. The summed E-state index contributed by atoms with van der Waals surface area (Å²) in [6.45, 7) is 0.592. The van der Waals surface area contributed by atoms with Crippen LogP contribution in [-0.2, 0) is 4.79 Å². The van der Waals surface area contributed by atoms with Gasteiger partial charge in [-0.25, -0.2) is 0 Å². The number of carbonyl (C=O) groups excluding carboxylic acids is 1. The number of methoxy groups -OCH3 is 1. The van der Waals surface area contributed by atoms with E-state index in [0.717, 1.165) is 16.9 Å². The van der Waals surface area contributed by atoms with Crippen molar-refractivity contribution in [1.82, 2.24) is 10.6 Å². The monoisotopic (exact) mass is 282 g/mol. The maximum Gasteiger partial charge on any atom is 0.241 e. The van der Waals surface area contributed by atoms with Crippen LogP contribution in [-0.4, -0.2) is 19.6 Å². The van der Waals surface area contributed by atoms with Gasteiger partial charge in [-0.05, 0) is 23.3 Å². The summed E-state index contributed by atoms with van der Waals surface area (Å²) >= 11 is 0. The molecule has 1 unspecified atom stereocenters. The van der Waals surface area contributed by atoms with Gasteiger partial charge in [-0.3, -0.25) is 10.1 Å². The van der Waals surface area contributed by atoms with Crippen LogP contribution in [0.3, 0.4) is 0 Å². The van der Waals surface area contributed by atoms with E-state index in [0.29, 0.717) is 6.54 Å². The van der Waals surface area contributed by atoms with E-state index >= 15 is 0 Å². The third-order valence-electron chi connectivity index (χ3n) is 3.76. The molecule has 4 heteroatoms. The maximum absolute atomic E-state index is 12.1. The molecule has 1 amide bonds. The number of ether oxygens (including phenoxy) is 1. The molecule has 3 rings (SSSR count). The quantitative estimate of drug-likeness (QED) is 0.907. The van der Waals surface area contributed by atoms with E-state index in [4.69, 9.17) is 4.74 Å². The van der Waals surface area contributed by atoms with E-state index in [1.807, 2.05) is 54.6 Å². The molecular weight excluding hydrogens is 264 g/mol. The number of rotatable bonds is 3. The fourth-order valence-corrected chi connectivity index (χ4v) is 2.58. The molecule has 0 aliphatic carbocycles. The van der Waals surface area contributed by atoms with Gasteiger partial charge in [-0.2, -0.15) is 0 Å². The van der Waals surface area contributed by atoms with Gasteiger partial charge in [0.1, 0.15) is 11.8 Å². The minimum Gasteiger partial charge on any atom is -0.497 e. The van der Waals surface area contributed by atoms with Gasteiger partial charge in [0, 0.05) is 6.54 Å². The normalized spacial score (nSPS) is 21.7. The summed E-state index contributed by atoms with van der Waals surface area (Å²) < 4.78 is 5.17. The van der Waals surface area contributed by atoms with Crippen LogP contribution >= 0.6 is 0 Å².